The van der Waals surface area contributed by atoms with Gasteiger partial charge in [-0.15, -0.1) is 17.9 Å². The van der Waals surface area contributed by atoms with Gasteiger partial charge in [-0.3, -0.25) is 10.1 Å². The summed E-state index contributed by atoms with van der Waals surface area (Å²) in [4.78, 5) is 22.3. The molecule has 0 aliphatic carbocycles. The molecule has 0 fully saturated rings. The van der Waals surface area contributed by atoms with E-state index < -0.39 is 4.92 Å². The van der Waals surface area contributed by atoms with Gasteiger partial charge in [-0.1, -0.05) is 6.08 Å². The van der Waals surface area contributed by atoms with Crippen LogP contribution in [-0.2, 0) is 0 Å². The molecule has 0 atom stereocenters. The van der Waals surface area contributed by atoms with Gasteiger partial charge >= 0.3 is 5.69 Å². The number of hydrogen-bond donors (Lipinski definition) is 2. The van der Waals surface area contributed by atoms with Crippen LogP contribution in [0.15, 0.2) is 30.6 Å². The van der Waals surface area contributed by atoms with Crippen LogP contribution in [0.25, 0.3) is 0 Å². The van der Waals surface area contributed by atoms with Crippen molar-refractivity contribution in [1.29, 1.82) is 0 Å². The van der Waals surface area contributed by atoms with Crippen molar-refractivity contribution in [3.63, 3.8) is 0 Å². The van der Waals surface area contributed by atoms with Crippen molar-refractivity contribution in [2.75, 3.05) is 17.2 Å². The van der Waals surface area contributed by atoms with Crippen LogP contribution in [0, 0.1) is 10.1 Å². The lowest BCUT2D eigenvalue weighted by atomic mass is 10.4. The smallest absolute Gasteiger partial charge is 0.353 e. The third-order valence-electron chi connectivity index (χ3n) is 2.08. The average molecular weight is 278 g/mol. The van der Waals surface area contributed by atoms with Gasteiger partial charge in [0, 0.05) is 18.1 Å². The minimum absolute atomic E-state index is 0.0986. The molecule has 9 heteroatoms. The summed E-state index contributed by atoms with van der Waals surface area (Å²) in [6.45, 7) is 3.90. The monoisotopic (exact) mass is 278 g/mol. The maximum absolute atomic E-state index is 11.1. The van der Waals surface area contributed by atoms with E-state index in [4.69, 9.17) is 0 Å². The number of aromatic nitrogens is 3. The van der Waals surface area contributed by atoms with E-state index in [0.717, 1.165) is 0 Å². The van der Waals surface area contributed by atoms with Crippen LogP contribution in [-0.4, -0.2) is 26.4 Å². The zero-order valence-corrected chi connectivity index (χ0v) is 10.6. The van der Waals surface area contributed by atoms with Gasteiger partial charge in [-0.25, -0.2) is 15.0 Å². The van der Waals surface area contributed by atoms with Gasteiger partial charge in [-0.2, -0.15) is 0 Å². The molecule has 2 aromatic heterocycles. The molecular weight excluding hydrogens is 268 g/mol. The number of thiazole rings is 1. The highest BCUT2D eigenvalue weighted by Crippen LogP contribution is 2.31. The molecule has 2 N–H and O–H groups in total. The molecule has 2 aromatic rings. The molecule has 0 saturated carbocycles. The van der Waals surface area contributed by atoms with E-state index in [1.54, 1.807) is 17.7 Å². The second kappa shape index (κ2) is 5.87. The van der Waals surface area contributed by atoms with Crippen LogP contribution in [0.4, 0.5) is 22.5 Å². The van der Waals surface area contributed by atoms with Crippen molar-refractivity contribution >= 4 is 33.8 Å². The molecule has 0 spiro atoms. The fourth-order valence-corrected chi connectivity index (χ4v) is 1.86. The predicted molar refractivity (Wildman–Crippen MR) is 72.8 cm³/mol. The van der Waals surface area contributed by atoms with E-state index in [9.17, 15) is 10.1 Å². The number of nitrogens with zero attached hydrogens (tertiary/aromatic N) is 4. The molecule has 0 aliphatic heterocycles. The normalized spacial score (nSPS) is 9.89. The van der Waals surface area contributed by atoms with Gasteiger partial charge in [0.05, 0.1) is 4.92 Å². The summed E-state index contributed by atoms with van der Waals surface area (Å²) in [6, 6.07) is 0. The number of anilines is 3. The summed E-state index contributed by atoms with van der Waals surface area (Å²) >= 11 is 1.32. The number of rotatable bonds is 6. The van der Waals surface area contributed by atoms with E-state index in [0.29, 0.717) is 11.7 Å². The third kappa shape index (κ3) is 3.01. The van der Waals surface area contributed by atoms with Crippen LogP contribution >= 0.6 is 11.3 Å². The Labute approximate surface area is 112 Å². The first kappa shape index (κ1) is 12.9. The molecule has 0 radical (unpaired) electrons. The Morgan fingerprint density at radius 2 is 2.21 bits per heavy atom. The SMILES string of the molecule is C=CCNc1ncnc(Nc2nccs2)c1[N+](=O)[O-]. The van der Waals surface area contributed by atoms with Gasteiger partial charge in [0.15, 0.2) is 5.13 Å². The molecule has 0 aliphatic rings. The Balaban J connectivity index is 2.36. The van der Waals surface area contributed by atoms with Crippen LogP contribution in [0.2, 0.25) is 0 Å². The van der Waals surface area contributed by atoms with Crippen molar-refractivity contribution in [2.24, 2.45) is 0 Å². The highest BCUT2D eigenvalue weighted by Gasteiger charge is 2.23. The zero-order chi connectivity index (χ0) is 13.7. The van der Waals surface area contributed by atoms with E-state index >= 15 is 0 Å². The first-order valence-electron chi connectivity index (χ1n) is 5.23. The molecule has 0 aromatic carbocycles. The second-order valence-electron chi connectivity index (χ2n) is 3.31. The molecule has 8 nitrogen and oxygen atoms in total. The lowest BCUT2D eigenvalue weighted by Crippen LogP contribution is -2.07. The summed E-state index contributed by atoms with van der Waals surface area (Å²) in [5, 5.41) is 19.0. The third-order valence-corrected chi connectivity index (χ3v) is 2.76. The largest absolute Gasteiger partial charge is 0.361 e. The molecule has 98 valence electrons. The van der Waals surface area contributed by atoms with Gasteiger partial charge in [0.25, 0.3) is 0 Å². The summed E-state index contributed by atoms with van der Waals surface area (Å²) in [5.41, 5.74) is -0.223. The predicted octanol–water partition coefficient (Wildman–Crippen LogP) is 2.18. The maximum Gasteiger partial charge on any atom is 0.353 e. The lowest BCUT2D eigenvalue weighted by molar-refractivity contribution is -0.383. The van der Waals surface area contributed by atoms with Crippen LogP contribution in [0.1, 0.15) is 0 Å². The zero-order valence-electron chi connectivity index (χ0n) is 9.74. The first-order chi connectivity index (χ1) is 9.22. The quantitative estimate of drug-likeness (QED) is 0.474. The summed E-state index contributed by atoms with van der Waals surface area (Å²) in [7, 11) is 0. The molecular formula is C10H10N6O2S. The number of nitro groups is 1. The van der Waals surface area contributed by atoms with Crippen molar-refractivity contribution in [3.8, 4) is 0 Å². The van der Waals surface area contributed by atoms with Crippen molar-refractivity contribution in [1.82, 2.24) is 15.0 Å². The minimum Gasteiger partial charge on any atom is -0.361 e. The first-order valence-corrected chi connectivity index (χ1v) is 6.11. The Morgan fingerprint density at radius 3 is 2.84 bits per heavy atom. The fraction of sp³-hybridized carbons (Fsp3) is 0.100. The molecule has 0 bridgehead atoms. The second-order valence-corrected chi connectivity index (χ2v) is 4.20. The maximum atomic E-state index is 11.1. The summed E-state index contributed by atoms with van der Waals surface area (Å²) in [6.07, 6.45) is 4.42. The van der Waals surface area contributed by atoms with Gasteiger partial charge in [0.1, 0.15) is 6.33 Å². The Morgan fingerprint density at radius 1 is 1.42 bits per heavy atom. The highest BCUT2D eigenvalue weighted by molar-refractivity contribution is 7.13. The number of hydrogen-bond acceptors (Lipinski definition) is 8. The van der Waals surface area contributed by atoms with Crippen LogP contribution in [0.3, 0.4) is 0 Å². The molecule has 0 amide bonds. The highest BCUT2D eigenvalue weighted by atomic mass is 32.1. The molecule has 0 saturated heterocycles. The minimum atomic E-state index is -0.540. The van der Waals surface area contributed by atoms with E-state index in [1.807, 2.05) is 0 Å². The summed E-state index contributed by atoms with van der Waals surface area (Å²) in [5.74, 6) is 0.237. The topological polar surface area (TPSA) is 106 Å². The Bertz CT molecular complexity index is 586. The Kier molecular flexibility index (Phi) is 3.98. The molecule has 2 heterocycles. The Hall–Kier alpha value is -2.55. The van der Waals surface area contributed by atoms with Gasteiger partial charge < -0.3 is 10.6 Å². The van der Waals surface area contributed by atoms with Crippen LogP contribution in [0.5, 0.6) is 0 Å². The fourth-order valence-electron chi connectivity index (χ4n) is 1.33. The molecule has 2 rings (SSSR count). The van der Waals surface area contributed by atoms with Crippen molar-refractivity contribution < 1.29 is 4.92 Å². The summed E-state index contributed by atoms with van der Waals surface area (Å²) < 4.78 is 0. The average Bonchev–Trinajstić information content (AvgIpc) is 2.89. The van der Waals surface area contributed by atoms with E-state index in [1.165, 1.54) is 17.7 Å². The van der Waals surface area contributed by atoms with Gasteiger partial charge in [0.2, 0.25) is 11.6 Å². The van der Waals surface area contributed by atoms with Crippen molar-refractivity contribution in [2.45, 2.75) is 0 Å². The molecule has 0 unspecified atom stereocenters. The van der Waals surface area contributed by atoms with E-state index in [2.05, 4.69) is 32.2 Å². The standard InChI is InChI=1S/C10H10N6O2S/c1-2-3-11-8-7(16(17)18)9(14-6-13-8)15-10-12-4-5-19-10/h2,4-6H,1,3H2,(H2,11,12,13,14,15). The van der Waals surface area contributed by atoms with E-state index in [-0.39, 0.29) is 17.3 Å². The van der Waals surface area contributed by atoms with Crippen LogP contribution < -0.4 is 10.6 Å². The molecule has 19 heavy (non-hydrogen) atoms. The van der Waals surface area contributed by atoms with Crippen molar-refractivity contribution in [3.05, 3.63) is 40.7 Å². The number of nitrogens with one attached hydrogen (secondary N) is 2. The van der Waals surface area contributed by atoms with Gasteiger partial charge in [-0.05, 0) is 0 Å². The lowest BCUT2D eigenvalue weighted by Gasteiger charge is -2.07.